The fraction of sp³-hybridized carbons (Fsp3) is 0.273. The molecule has 0 aliphatic carbocycles. The van der Waals surface area contributed by atoms with Crippen LogP contribution < -0.4 is 4.72 Å². The first-order valence-electron chi connectivity index (χ1n) is 4.82. The normalized spacial score (nSPS) is 13.9. The zero-order valence-corrected chi connectivity index (χ0v) is 10.1. The van der Waals surface area contributed by atoms with Gasteiger partial charge in [0, 0.05) is 0 Å². The molecule has 0 heterocycles. The summed E-state index contributed by atoms with van der Waals surface area (Å²) in [5, 5.41) is 0. The fourth-order valence-electron chi connectivity index (χ4n) is 1.17. The van der Waals surface area contributed by atoms with Crippen LogP contribution in [-0.2, 0) is 16.2 Å². The maximum Gasteiger partial charge on any atom is 0.416 e. The fourth-order valence-corrected chi connectivity index (χ4v) is 2.38. The van der Waals surface area contributed by atoms with Crippen LogP contribution in [0.2, 0.25) is 0 Å². The van der Waals surface area contributed by atoms with Crippen molar-refractivity contribution in [3.8, 4) is 12.3 Å². The van der Waals surface area contributed by atoms with Crippen molar-refractivity contribution in [1.29, 1.82) is 0 Å². The lowest BCUT2D eigenvalue weighted by atomic mass is 10.2. The van der Waals surface area contributed by atoms with Crippen molar-refractivity contribution >= 4 is 10.0 Å². The Bertz CT molecular complexity index is 573. The maximum absolute atomic E-state index is 12.4. The molecule has 1 rings (SSSR count). The second kappa shape index (κ2) is 5.00. The van der Waals surface area contributed by atoms with Crippen LogP contribution in [0.15, 0.2) is 29.2 Å². The molecule has 98 valence electrons. The van der Waals surface area contributed by atoms with Gasteiger partial charge in [-0.25, -0.2) is 8.42 Å². The first kappa shape index (κ1) is 14.5. The molecule has 1 unspecified atom stereocenters. The van der Waals surface area contributed by atoms with E-state index in [2.05, 4.69) is 10.6 Å². The first-order chi connectivity index (χ1) is 8.16. The number of hydrogen-bond donors (Lipinski definition) is 1. The molecule has 1 aromatic rings. The molecule has 0 aliphatic heterocycles. The Morgan fingerprint density at radius 2 is 2.00 bits per heavy atom. The molecule has 7 heteroatoms. The molecular weight excluding hydrogens is 267 g/mol. The zero-order chi connectivity index (χ0) is 14.0. The summed E-state index contributed by atoms with van der Waals surface area (Å²) < 4.78 is 62.8. The minimum absolute atomic E-state index is 0.473. The first-order valence-corrected chi connectivity index (χ1v) is 6.31. The third-order valence-electron chi connectivity index (χ3n) is 2.05. The van der Waals surface area contributed by atoms with Crippen LogP contribution in [0.1, 0.15) is 12.5 Å². The van der Waals surface area contributed by atoms with Gasteiger partial charge in [0.25, 0.3) is 0 Å². The van der Waals surface area contributed by atoms with Gasteiger partial charge in [0.1, 0.15) is 0 Å². The van der Waals surface area contributed by atoms with Crippen molar-refractivity contribution in [2.45, 2.75) is 24.0 Å². The highest BCUT2D eigenvalue weighted by Gasteiger charge is 2.31. The van der Waals surface area contributed by atoms with E-state index in [9.17, 15) is 21.6 Å². The van der Waals surface area contributed by atoms with Gasteiger partial charge in [0.05, 0.1) is 16.5 Å². The molecule has 0 amide bonds. The lowest BCUT2D eigenvalue weighted by molar-refractivity contribution is -0.137. The Morgan fingerprint density at radius 3 is 2.50 bits per heavy atom. The highest BCUT2D eigenvalue weighted by atomic mass is 32.2. The van der Waals surface area contributed by atoms with Gasteiger partial charge in [-0.2, -0.15) is 17.9 Å². The van der Waals surface area contributed by atoms with Gasteiger partial charge >= 0.3 is 6.18 Å². The molecule has 3 nitrogen and oxygen atoms in total. The molecule has 1 N–H and O–H groups in total. The van der Waals surface area contributed by atoms with Crippen LogP contribution in [0.4, 0.5) is 13.2 Å². The molecule has 0 radical (unpaired) electrons. The van der Waals surface area contributed by atoms with E-state index in [0.29, 0.717) is 6.07 Å². The summed E-state index contributed by atoms with van der Waals surface area (Å²) in [6.07, 6.45) is 0.406. The van der Waals surface area contributed by atoms with E-state index in [4.69, 9.17) is 6.42 Å². The van der Waals surface area contributed by atoms with Crippen molar-refractivity contribution in [1.82, 2.24) is 4.72 Å². The van der Waals surface area contributed by atoms with E-state index in [1.165, 1.54) is 6.92 Å². The highest BCUT2D eigenvalue weighted by molar-refractivity contribution is 7.89. The van der Waals surface area contributed by atoms with Gasteiger partial charge in [0.2, 0.25) is 10.0 Å². The van der Waals surface area contributed by atoms with Crippen LogP contribution >= 0.6 is 0 Å². The highest BCUT2D eigenvalue weighted by Crippen LogP contribution is 2.30. The Morgan fingerprint density at radius 1 is 1.39 bits per heavy atom. The number of terminal acetylenes is 1. The third kappa shape index (κ3) is 3.48. The quantitative estimate of drug-likeness (QED) is 0.859. The summed E-state index contributed by atoms with van der Waals surface area (Å²) in [4.78, 5) is -0.473. The van der Waals surface area contributed by atoms with Gasteiger partial charge in [-0.3, -0.25) is 0 Å². The van der Waals surface area contributed by atoms with Gasteiger partial charge < -0.3 is 0 Å². The lowest BCUT2D eigenvalue weighted by Crippen LogP contribution is -2.31. The maximum atomic E-state index is 12.4. The summed E-state index contributed by atoms with van der Waals surface area (Å²) >= 11 is 0. The van der Waals surface area contributed by atoms with E-state index in [1.54, 1.807) is 0 Å². The number of halogens is 3. The lowest BCUT2D eigenvalue weighted by Gasteiger charge is -2.11. The molecule has 1 atom stereocenters. The minimum Gasteiger partial charge on any atom is -0.207 e. The van der Waals surface area contributed by atoms with Crippen molar-refractivity contribution in [2.75, 3.05) is 0 Å². The van der Waals surface area contributed by atoms with Crippen molar-refractivity contribution in [3.05, 3.63) is 29.8 Å². The van der Waals surface area contributed by atoms with Crippen LogP contribution in [0.25, 0.3) is 0 Å². The summed E-state index contributed by atoms with van der Waals surface area (Å²) in [7, 11) is -4.05. The van der Waals surface area contributed by atoms with E-state index in [0.717, 1.165) is 18.2 Å². The van der Waals surface area contributed by atoms with Gasteiger partial charge in [-0.05, 0) is 25.1 Å². The van der Waals surface area contributed by atoms with Crippen LogP contribution in [0.5, 0.6) is 0 Å². The standard InChI is InChI=1S/C11H10F3NO2S/c1-3-8(2)15-18(16,17)10-6-4-5-9(7-10)11(12,13)14/h1,4-8,15H,2H3. The average Bonchev–Trinajstić information content (AvgIpc) is 2.27. The summed E-state index contributed by atoms with van der Waals surface area (Å²) in [5.41, 5.74) is -1.03. The number of benzene rings is 1. The SMILES string of the molecule is C#CC(C)NS(=O)(=O)c1cccc(C(F)(F)F)c1. The summed E-state index contributed by atoms with van der Waals surface area (Å²) in [6.45, 7) is 1.41. The number of rotatable bonds is 3. The predicted molar refractivity (Wildman–Crippen MR) is 60.1 cm³/mol. The largest absolute Gasteiger partial charge is 0.416 e. The predicted octanol–water partition coefficient (Wildman–Crippen LogP) is 2.01. The Hall–Kier alpha value is -1.52. The smallest absolute Gasteiger partial charge is 0.207 e. The Labute approximate surface area is 103 Å². The number of nitrogens with one attached hydrogen (secondary N) is 1. The van der Waals surface area contributed by atoms with E-state index in [-0.39, 0.29) is 0 Å². The second-order valence-corrected chi connectivity index (χ2v) is 5.25. The van der Waals surface area contributed by atoms with Crippen molar-refractivity contribution in [2.24, 2.45) is 0 Å². The molecule has 0 saturated heterocycles. The van der Waals surface area contributed by atoms with Crippen LogP contribution in [-0.4, -0.2) is 14.5 Å². The third-order valence-corrected chi connectivity index (χ3v) is 3.59. The number of sulfonamides is 1. The molecule has 0 spiro atoms. The topological polar surface area (TPSA) is 46.2 Å². The van der Waals surface area contributed by atoms with E-state index in [1.807, 2.05) is 0 Å². The van der Waals surface area contributed by atoms with Gasteiger partial charge in [-0.1, -0.05) is 12.0 Å². The molecule has 0 aliphatic rings. The Kier molecular flexibility index (Phi) is 4.04. The zero-order valence-electron chi connectivity index (χ0n) is 9.32. The molecule has 0 saturated carbocycles. The number of alkyl halides is 3. The van der Waals surface area contributed by atoms with E-state index < -0.39 is 32.7 Å². The van der Waals surface area contributed by atoms with Crippen LogP contribution in [0.3, 0.4) is 0 Å². The molecule has 1 aromatic carbocycles. The molecule has 0 bridgehead atoms. The molecule has 0 fully saturated rings. The van der Waals surface area contributed by atoms with Gasteiger partial charge in [0.15, 0.2) is 0 Å². The monoisotopic (exact) mass is 277 g/mol. The number of hydrogen-bond acceptors (Lipinski definition) is 2. The van der Waals surface area contributed by atoms with Crippen LogP contribution in [0, 0.1) is 12.3 Å². The molecule has 18 heavy (non-hydrogen) atoms. The van der Waals surface area contributed by atoms with Crippen molar-refractivity contribution < 1.29 is 21.6 Å². The summed E-state index contributed by atoms with van der Waals surface area (Å²) in [5.74, 6) is 2.12. The minimum atomic E-state index is -4.59. The van der Waals surface area contributed by atoms with E-state index >= 15 is 0 Å². The summed E-state index contributed by atoms with van der Waals surface area (Å²) in [6, 6.07) is 2.65. The molecule has 0 aromatic heterocycles. The Balaban J connectivity index is 3.16. The van der Waals surface area contributed by atoms with Crippen molar-refractivity contribution in [3.63, 3.8) is 0 Å². The molecular formula is C11H10F3NO2S. The second-order valence-electron chi connectivity index (χ2n) is 3.54. The van der Waals surface area contributed by atoms with Gasteiger partial charge in [-0.15, -0.1) is 6.42 Å². The average molecular weight is 277 g/mol.